The minimum absolute atomic E-state index is 0.0401. The van der Waals surface area contributed by atoms with Gasteiger partial charge in [0, 0.05) is 6.42 Å². The molecule has 1 atom stereocenters. The van der Waals surface area contributed by atoms with Crippen molar-refractivity contribution >= 4 is 0 Å². The average Bonchev–Trinajstić information content (AvgIpc) is 2.49. The maximum absolute atomic E-state index is 12.9. The normalized spacial score (nSPS) is 27.2. The van der Waals surface area contributed by atoms with E-state index in [1.807, 2.05) is 0 Å². The lowest BCUT2D eigenvalue weighted by atomic mass is 9.61. The van der Waals surface area contributed by atoms with E-state index in [1.165, 1.54) is 48.8 Å². The van der Waals surface area contributed by atoms with Crippen molar-refractivity contribution in [2.75, 3.05) is 0 Å². The van der Waals surface area contributed by atoms with Crippen molar-refractivity contribution in [1.82, 2.24) is 0 Å². The van der Waals surface area contributed by atoms with Gasteiger partial charge in [-0.3, -0.25) is 0 Å². The molecule has 0 fully saturated rings. The molecule has 2 aliphatic rings. The van der Waals surface area contributed by atoms with E-state index in [-0.39, 0.29) is 6.42 Å². The van der Waals surface area contributed by atoms with Crippen LogP contribution in [0, 0.1) is 11.3 Å². The van der Waals surface area contributed by atoms with Crippen molar-refractivity contribution < 1.29 is 8.78 Å². The van der Waals surface area contributed by atoms with Crippen LogP contribution < -0.4 is 0 Å². The van der Waals surface area contributed by atoms with Gasteiger partial charge in [-0.25, -0.2) is 8.78 Å². The van der Waals surface area contributed by atoms with Gasteiger partial charge in [0.1, 0.15) is 0 Å². The van der Waals surface area contributed by atoms with Gasteiger partial charge in [-0.1, -0.05) is 56.1 Å². The molecule has 2 rings (SSSR count). The van der Waals surface area contributed by atoms with Gasteiger partial charge < -0.3 is 0 Å². The van der Waals surface area contributed by atoms with E-state index in [1.54, 1.807) is 0 Å². The summed E-state index contributed by atoms with van der Waals surface area (Å²) in [6.45, 7) is 6.74. The molecule has 2 heteroatoms. The molecule has 136 valence electrons. The Morgan fingerprint density at radius 1 is 1.21 bits per heavy atom. The van der Waals surface area contributed by atoms with Gasteiger partial charge in [0.05, 0.1) is 0 Å². The van der Waals surface area contributed by atoms with E-state index in [4.69, 9.17) is 0 Å². The second-order valence-electron chi connectivity index (χ2n) is 7.97. The van der Waals surface area contributed by atoms with Crippen molar-refractivity contribution in [3.8, 4) is 0 Å². The standard InChI is InChI=1S/C22H34F2/c1-4-12-22(13-5-2)15-18(10-11-21(23)24)20-9-7-6-8-17(3)14-19(20)16-22/h7-9,18,21H,4-6,10-16H2,1-3H3/b9-7-,17-8-. The molecule has 0 amide bonds. The quantitative estimate of drug-likeness (QED) is 0.419. The first-order valence-corrected chi connectivity index (χ1v) is 9.82. The van der Waals surface area contributed by atoms with Crippen LogP contribution in [0.4, 0.5) is 8.78 Å². The maximum Gasteiger partial charge on any atom is 0.238 e. The average molecular weight is 337 g/mol. The third kappa shape index (κ3) is 5.04. The van der Waals surface area contributed by atoms with Gasteiger partial charge in [-0.05, 0) is 68.8 Å². The van der Waals surface area contributed by atoms with Crippen LogP contribution >= 0.6 is 0 Å². The minimum Gasteiger partial charge on any atom is -0.211 e. The number of rotatable bonds is 7. The molecule has 2 aliphatic carbocycles. The summed E-state index contributed by atoms with van der Waals surface area (Å²) in [6, 6.07) is 0. The lowest BCUT2D eigenvalue weighted by molar-refractivity contribution is 0.114. The first-order chi connectivity index (χ1) is 11.5. The Morgan fingerprint density at radius 2 is 1.92 bits per heavy atom. The van der Waals surface area contributed by atoms with Crippen LogP contribution in [0.3, 0.4) is 0 Å². The van der Waals surface area contributed by atoms with Crippen LogP contribution in [0.1, 0.15) is 85.0 Å². The summed E-state index contributed by atoms with van der Waals surface area (Å²) in [6.07, 6.45) is 14.4. The summed E-state index contributed by atoms with van der Waals surface area (Å²) in [7, 11) is 0. The van der Waals surface area contributed by atoms with Crippen molar-refractivity contribution in [1.29, 1.82) is 0 Å². The minimum atomic E-state index is -2.18. The molecule has 0 heterocycles. The zero-order chi connectivity index (χ0) is 17.6. The summed E-state index contributed by atoms with van der Waals surface area (Å²) in [5.74, 6) is 0.322. The predicted octanol–water partition coefficient (Wildman–Crippen LogP) is 7.62. The zero-order valence-corrected chi connectivity index (χ0v) is 15.7. The first kappa shape index (κ1) is 19.4. The number of hydrogen-bond acceptors (Lipinski definition) is 0. The van der Waals surface area contributed by atoms with E-state index in [9.17, 15) is 8.78 Å². The van der Waals surface area contributed by atoms with Crippen LogP contribution in [0.5, 0.6) is 0 Å². The highest BCUT2D eigenvalue weighted by Crippen LogP contribution is 2.51. The highest BCUT2D eigenvalue weighted by atomic mass is 19.3. The highest BCUT2D eigenvalue weighted by Gasteiger charge is 2.38. The van der Waals surface area contributed by atoms with Crippen molar-refractivity contribution in [2.24, 2.45) is 11.3 Å². The fourth-order valence-electron chi connectivity index (χ4n) is 4.99. The van der Waals surface area contributed by atoms with Crippen LogP contribution in [-0.2, 0) is 0 Å². The van der Waals surface area contributed by atoms with Crippen molar-refractivity contribution in [2.45, 2.75) is 91.4 Å². The Labute approximate surface area is 147 Å². The van der Waals surface area contributed by atoms with E-state index >= 15 is 0 Å². The Morgan fingerprint density at radius 3 is 2.54 bits per heavy atom. The topological polar surface area (TPSA) is 0 Å². The number of hydrogen-bond donors (Lipinski definition) is 0. The summed E-state index contributed by atoms with van der Waals surface area (Å²) >= 11 is 0. The Hall–Kier alpha value is -0.920. The lowest BCUT2D eigenvalue weighted by Gasteiger charge is -2.44. The molecule has 1 unspecified atom stereocenters. The van der Waals surface area contributed by atoms with Crippen molar-refractivity contribution in [3.63, 3.8) is 0 Å². The van der Waals surface area contributed by atoms with E-state index < -0.39 is 6.43 Å². The van der Waals surface area contributed by atoms with E-state index in [2.05, 4.69) is 39.0 Å². The summed E-state index contributed by atoms with van der Waals surface area (Å²) in [5.41, 5.74) is 4.70. The van der Waals surface area contributed by atoms with Crippen LogP contribution in [0.25, 0.3) is 0 Å². The van der Waals surface area contributed by atoms with Gasteiger partial charge in [0.2, 0.25) is 6.43 Å². The van der Waals surface area contributed by atoms with Crippen LogP contribution in [0.15, 0.2) is 34.9 Å². The Bertz CT molecular complexity index is 490. The molecule has 0 nitrogen and oxygen atoms in total. The third-order valence-electron chi connectivity index (χ3n) is 5.80. The predicted molar refractivity (Wildman–Crippen MR) is 99.4 cm³/mol. The maximum atomic E-state index is 12.9. The monoisotopic (exact) mass is 336 g/mol. The number of allylic oxidation sites excluding steroid dienone is 6. The Kier molecular flexibility index (Phi) is 7.25. The van der Waals surface area contributed by atoms with Gasteiger partial charge in [0.25, 0.3) is 0 Å². The lowest BCUT2D eigenvalue weighted by Crippen LogP contribution is -2.31. The second kappa shape index (κ2) is 8.97. The highest BCUT2D eigenvalue weighted by molar-refractivity contribution is 5.36. The van der Waals surface area contributed by atoms with Crippen LogP contribution in [-0.4, -0.2) is 6.43 Å². The molecule has 0 aromatic rings. The second-order valence-corrected chi connectivity index (χ2v) is 7.97. The molecular formula is C22H34F2. The van der Waals surface area contributed by atoms with Gasteiger partial charge in [-0.2, -0.15) is 0 Å². The summed E-state index contributed by atoms with van der Waals surface area (Å²) in [4.78, 5) is 0. The first-order valence-electron chi connectivity index (χ1n) is 9.82. The fourth-order valence-corrected chi connectivity index (χ4v) is 4.99. The molecule has 0 radical (unpaired) electrons. The number of alkyl halides is 2. The smallest absolute Gasteiger partial charge is 0.211 e. The molecule has 0 aromatic carbocycles. The van der Waals surface area contributed by atoms with Gasteiger partial charge in [-0.15, -0.1) is 0 Å². The zero-order valence-electron chi connectivity index (χ0n) is 15.7. The largest absolute Gasteiger partial charge is 0.238 e. The molecule has 0 aromatic heterocycles. The third-order valence-corrected chi connectivity index (χ3v) is 5.80. The molecule has 0 saturated carbocycles. The SMILES string of the molecule is CCCC1(CCC)CC2=C(/C=C\C/C=C(/C)C2)C(CCC(F)F)C1. The van der Waals surface area contributed by atoms with Crippen molar-refractivity contribution in [3.05, 3.63) is 34.9 Å². The molecule has 0 N–H and O–H groups in total. The van der Waals surface area contributed by atoms with Gasteiger partial charge >= 0.3 is 0 Å². The molecular weight excluding hydrogens is 302 g/mol. The summed E-state index contributed by atoms with van der Waals surface area (Å²) < 4.78 is 25.7. The van der Waals surface area contributed by atoms with E-state index in [0.29, 0.717) is 17.8 Å². The van der Waals surface area contributed by atoms with E-state index in [0.717, 1.165) is 19.3 Å². The molecule has 24 heavy (non-hydrogen) atoms. The number of halogens is 2. The molecule has 0 saturated heterocycles. The molecule has 0 aliphatic heterocycles. The fraction of sp³-hybridized carbons (Fsp3) is 0.727. The van der Waals surface area contributed by atoms with Crippen LogP contribution in [0.2, 0.25) is 0 Å². The Balaban J connectivity index is 2.35. The molecule has 0 bridgehead atoms. The molecule has 0 spiro atoms. The summed E-state index contributed by atoms with van der Waals surface area (Å²) in [5, 5.41) is 0. The van der Waals surface area contributed by atoms with Gasteiger partial charge in [0.15, 0.2) is 0 Å².